The van der Waals surface area contributed by atoms with Crippen LogP contribution in [-0.2, 0) is 4.79 Å². The number of hydrogen-bond donors (Lipinski definition) is 3. The minimum atomic E-state index is -0.344. The van der Waals surface area contributed by atoms with E-state index in [4.69, 9.17) is 0 Å². The van der Waals surface area contributed by atoms with Crippen molar-refractivity contribution in [2.24, 2.45) is 0 Å². The van der Waals surface area contributed by atoms with Crippen molar-refractivity contribution >= 4 is 29.1 Å². The fourth-order valence-electron chi connectivity index (χ4n) is 2.24. The molecule has 0 saturated carbocycles. The minimum absolute atomic E-state index is 0.172. The van der Waals surface area contributed by atoms with Gasteiger partial charge in [0, 0.05) is 31.0 Å². The quantitative estimate of drug-likeness (QED) is 0.626. The normalized spacial score (nSPS) is 10.5. The van der Waals surface area contributed by atoms with Crippen molar-refractivity contribution in [2.45, 2.75) is 13.3 Å². The molecule has 2 amide bonds. The Morgan fingerprint density at radius 3 is 2.54 bits per heavy atom. The molecule has 8 nitrogen and oxygen atoms in total. The maximum Gasteiger partial charge on any atom is 0.274 e. The molecule has 0 bridgehead atoms. The number of aromatic nitrogens is 2. The Labute approximate surface area is 153 Å². The standard InChI is InChI=1S/C18H24N6O2/c1-13(25)21-14-6-4-7-15(12-14)22-17(26)16-8-10-20-18(23-16)19-9-5-11-24(2)3/h4,6-8,10,12H,5,9,11H2,1-3H3,(H,21,25)(H,22,26)(H,19,20,23). The highest BCUT2D eigenvalue weighted by Gasteiger charge is 2.10. The second-order valence-corrected chi connectivity index (χ2v) is 6.07. The Kier molecular flexibility index (Phi) is 7.04. The smallest absolute Gasteiger partial charge is 0.274 e. The van der Waals surface area contributed by atoms with E-state index in [0.29, 0.717) is 17.3 Å². The van der Waals surface area contributed by atoms with E-state index in [1.165, 1.54) is 6.92 Å². The molecule has 0 atom stereocenters. The molecule has 0 fully saturated rings. The van der Waals surface area contributed by atoms with Crippen LogP contribution in [0, 0.1) is 0 Å². The summed E-state index contributed by atoms with van der Waals surface area (Å²) in [5.74, 6) is -0.0959. The Hall–Kier alpha value is -3.00. The molecule has 0 aliphatic heterocycles. The van der Waals surface area contributed by atoms with Crippen molar-refractivity contribution in [3.8, 4) is 0 Å². The third kappa shape index (κ3) is 6.48. The first-order chi connectivity index (χ1) is 12.4. The summed E-state index contributed by atoms with van der Waals surface area (Å²) in [6.07, 6.45) is 2.49. The van der Waals surface area contributed by atoms with Gasteiger partial charge >= 0.3 is 0 Å². The van der Waals surface area contributed by atoms with Gasteiger partial charge in [-0.05, 0) is 51.3 Å². The van der Waals surface area contributed by atoms with E-state index >= 15 is 0 Å². The topological polar surface area (TPSA) is 99.2 Å². The zero-order valence-corrected chi connectivity index (χ0v) is 15.2. The first kappa shape index (κ1) is 19.3. The van der Waals surface area contributed by atoms with Gasteiger partial charge in [-0.1, -0.05) is 6.07 Å². The van der Waals surface area contributed by atoms with Gasteiger partial charge in [0.2, 0.25) is 11.9 Å². The van der Waals surface area contributed by atoms with E-state index in [1.54, 1.807) is 36.5 Å². The van der Waals surface area contributed by atoms with E-state index in [2.05, 4.69) is 30.8 Å². The molecule has 2 rings (SSSR count). The highest BCUT2D eigenvalue weighted by atomic mass is 16.2. The number of carbonyl (C=O) groups is 2. The van der Waals surface area contributed by atoms with Gasteiger partial charge in [-0.3, -0.25) is 9.59 Å². The zero-order chi connectivity index (χ0) is 18.9. The van der Waals surface area contributed by atoms with Crippen LogP contribution in [0.15, 0.2) is 36.5 Å². The van der Waals surface area contributed by atoms with E-state index < -0.39 is 0 Å². The van der Waals surface area contributed by atoms with Crippen LogP contribution in [-0.4, -0.2) is 53.9 Å². The van der Waals surface area contributed by atoms with Crippen molar-refractivity contribution in [2.75, 3.05) is 43.1 Å². The maximum absolute atomic E-state index is 12.4. The van der Waals surface area contributed by atoms with Gasteiger partial charge in [0.05, 0.1) is 0 Å². The van der Waals surface area contributed by atoms with Crippen LogP contribution in [0.3, 0.4) is 0 Å². The first-order valence-corrected chi connectivity index (χ1v) is 8.34. The van der Waals surface area contributed by atoms with Gasteiger partial charge < -0.3 is 20.9 Å². The summed E-state index contributed by atoms with van der Waals surface area (Å²) in [5.41, 5.74) is 1.45. The molecular formula is C18H24N6O2. The van der Waals surface area contributed by atoms with E-state index in [-0.39, 0.29) is 17.5 Å². The molecular weight excluding hydrogens is 332 g/mol. The number of carbonyl (C=O) groups excluding carboxylic acids is 2. The van der Waals surface area contributed by atoms with Crippen LogP contribution in [0.4, 0.5) is 17.3 Å². The van der Waals surface area contributed by atoms with Crippen LogP contribution >= 0.6 is 0 Å². The fraction of sp³-hybridized carbons (Fsp3) is 0.333. The highest BCUT2D eigenvalue weighted by Crippen LogP contribution is 2.16. The molecule has 1 aromatic carbocycles. The number of amides is 2. The Bertz CT molecular complexity index is 763. The van der Waals surface area contributed by atoms with Gasteiger partial charge in [-0.15, -0.1) is 0 Å². The third-order valence-electron chi connectivity index (χ3n) is 3.39. The summed E-state index contributed by atoms with van der Waals surface area (Å²) in [5, 5.41) is 8.55. The van der Waals surface area contributed by atoms with Gasteiger partial charge in [0.1, 0.15) is 5.69 Å². The second kappa shape index (κ2) is 9.47. The van der Waals surface area contributed by atoms with Crippen molar-refractivity contribution in [1.29, 1.82) is 0 Å². The van der Waals surface area contributed by atoms with Crippen molar-refractivity contribution in [1.82, 2.24) is 14.9 Å². The predicted molar refractivity (Wildman–Crippen MR) is 102 cm³/mol. The summed E-state index contributed by atoms with van der Waals surface area (Å²) >= 11 is 0. The van der Waals surface area contributed by atoms with Gasteiger partial charge in [0.15, 0.2) is 0 Å². The number of rotatable bonds is 8. The van der Waals surface area contributed by atoms with Crippen LogP contribution < -0.4 is 16.0 Å². The average Bonchev–Trinajstić information content (AvgIpc) is 2.58. The van der Waals surface area contributed by atoms with Crippen LogP contribution in [0.5, 0.6) is 0 Å². The zero-order valence-electron chi connectivity index (χ0n) is 15.2. The molecule has 0 aliphatic rings. The number of nitrogens with zero attached hydrogens (tertiary/aromatic N) is 3. The Balaban J connectivity index is 1.97. The second-order valence-electron chi connectivity index (χ2n) is 6.07. The summed E-state index contributed by atoms with van der Waals surface area (Å²) in [7, 11) is 4.03. The average molecular weight is 356 g/mol. The van der Waals surface area contributed by atoms with Gasteiger partial charge in [0.25, 0.3) is 5.91 Å². The predicted octanol–water partition coefficient (Wildman–Crippen LogP) is 2.05. The number of benzene rings is 1. The number of nitrogens with one attached hydrogen (secondary N) is 3. The van der Waals surface area contributed by atoms with Crippen molar-refractivity contribution < 1.29 is 9.59 Å². The number of anilines is 3. The summed E-state index contributed by atoms with van der Waals surface area (Å²) in [4.78, 5) is 34.0. The van der Waals surface area contributed by atoms with Crippen LogP contribution in [0.25, 0.3) is 0 Å². The highest BCUT2D eigenvalue weighted by molar-refractivity contribution is 6.03. The molecule has 0 spiro atoms. The lowest BCUT2D eigenvalue weighted by molar-refractivity contribution is -0.114. The molecule has 0 unspecified atom stereocenters. The summed E-state index contributed by atoms with van der Waals surface area (Å²) in [6.45, 7) is 3.11. The SMILES string of the molecule is CC(=O)Nc1cccc(NC(=O)c2ccnc(NCCCN(C)C)n2)c1. The van der Waals surface area contributed by atoms with Crippen molar-refractivity contribution in [3.63, 3.8) is 0 Å². The molecule has 1 heterocycles. The van der Waals surface area contributed by atoms with Crippen LogP contribution in [0.2, 0.25) is 0 Å². The van der Waals surface area contributed by atoms with E-state index in [9.17, 15) is 9.59 Å². The maximum atomic E-state index is 12.4. The molecule has 8 heteroatoms. The minimum Gasteiger partial charge on any atom is -0.354 e. The summed E-state index contributed by atoms with van der Waals surface area (Å²) < 4.78 is 0. The van der Waals surface area contributed by atoms with Crippen molar-refractivity contribution in [3.05, 3.63) is 42.2 Å². The first-order valence-electron chi connectivity index (χ1n) is 8.34. The lowest BCUT2D eigenvalue weighted by atomic mass is 10.2. The molecule has 0 aliphatic carbocycles. The molecule has 3 N–H and O–H groups in total. The largest absolute Gasteiger partial charge is 0.354 e. The molecule has 138 valence electrons. The van der Waals surface area contributed by atoms with Gasteiger partial charge in [-0.25, -0.2) is 9.97 Å². The molecule has 0 saturated heterocycles. The lowest BCUT2D eigenvalue weighted by Crippen LogP contribution is -2.18. The van der Waals surface area contributed by atoms with E-state index in [0.717, 1.165) is 19.5 Å². The summed E-state index contributed by atoms with van der Waals surface area (Å²) in [6, 6.07) is 8.47. The molecule has 0 radical (unpaired) electrons. The monoisotopic (exact) mass is 356 g/mol. The Morgan fingerprint density at radius 2 is 1.85 bits per heavy atom. The van der Waals surface area contributed by atoms with Gasteiger partial charge in [-0.2, -0.15) is 0 Å². The fourth-order valence-corrected chi connectivity index (χ4v) is 2.24. The molecule has 1 aromatic heterocycles. The Morgan fingerprint density at radius 1 is 1.12 bits per heavy atom. The molecule has 26 heavy (non-hydrogen) atoms. The third-order valence-corrected chi connectivity index (χ3v) is 3.39. The molecule has 2 aromatic rings. The van der Waals surface area contributed by atoms with Crippen LogP contribution in [0.1, 0.15) is 23.8 Å². The number of hydrogen-bond acceptors (Lipinski definition) is 6. The van der Waals surface area contributed by atoms with E-state index in [1.807, 2.05) is 14.1 Å². The lowest BCUT2D eigenvalue weighted by Gasteiger charge is -2.10.